The molecule has 0 saturated carbocycles. The maximum absolute atomic E-state index is 12.7. The van der Waals surface area contributed by atoms with E-state index in [1.54, 1.807) is 13.2 Å². The van der Waals surface area contributed by atoms with E-state index >= 15 is 0 Å². The Morgan fingerprint density at radius 3 is 2.81 bits per heavy atom. The topological polar surface area (TPSA) is 58.6 Å². The first-order chi connectivity index (χ1) is 9.84. The van der Waals surface area contributed by atoms with Crippen LogP contribution in [0.15, 0.2) is 10.3 Å². The molecule has 1 N–H and O–H groups in total. The van der Waals surface area contributed by atoms with Crippen LogP contribution in [0.5, 0.6) is 0 Å². The van der Waals surface area contributed by atoms with Crippen LogP contribution in [0.2, 0.25) is 0 Å². The summed E-state index contributed by atoms with van der Waals surface area (Å²) in [7, 11) is -1.75. The Morgan fingerprint density at radius 1 is 1.52 bits per heavy atom. The Morgan fingerprint density at radius 2 is 2.24 bits per heavy atom. The molecule has 1 aromatic heterocycles. The van der Waals surface area contributed by atoms with Gasteiger partial charge < -0.3 is 10.1 Å². The highest BCUT2D eigenvalue weighted by molar-refractivity contribution is 7.91. The molecule has 0 aromatic carbocycles. The monoisotopic (exact) mass is 332 g/mol. The van der Waals surface area contributed by atoms with Crippen molar-refractivity contribution in [1.82, 2.24) is 9.62 Å². The van der Waals surface area contributed by atoms with Crippen LogP contribution in [0, 0.1) is 6.92 Å². The minimum Gasteiger partial charge on any atom is -0.380 e. The average molecular weight is 332 g/mol. The fraction of sp³-hybridized carbons (Fsp3) is 0.714. The second-order valence-electron chi connectivity index (χ2n) is 5.72. The van der Waals surface area contributed by atoms with Gasteiger partial charge in [-0.2, -0.15) is 4.31 Å². The van der Waals surface area contributed by atoms with Gasteiger partial charge in [0.2, 0.25) is 0 Å². The predicted octanol–water partition coefficient (Wildman–Crippen LogP) is 1.96. The Kier molecular flexibility index (Phi) is 5.43. The quantitative estimate of drug-likeness (QED) is 0.865. The Hall–Kier alpha value is -0.470. The van der Waals surface area contributed by atoms with E-state index in [1.807, 2.05) is 6.92 Å². The first-order valence-corrected chi connectivity index (χ1v) is 9.46. The first-order valence-electron chi connectivity index (χ1n) is 7.20. The molecule has 2 rings (SSSR count). The van der Waals surface area contributed by atoms with E-state index in [-0.39, 0.29) is 6.10 Å². The number of rotatable bonds is 6. The van der Waals surface area contributed by atoms with Gasteiger partial charge in [-0.05, 0) is 25.0 Å². The molecule has 0 aliphatic carbocycles. The molecular weight excluding hydrogens is 308 g/mol. The SMILES string of the molecule is COC1CCN(S(=O)(=O)c2cc(C)c(CNC(C)C)s2)C1. The van der Waals surface area contributed by atoms with Crippen molar-refractivity contribution < 1.29 is 13.2 Å². The van der Waals surface area contributed by atoms with Crippen molar-refractivity contribution in [3.8, 4) is 0 Å². The zero-order valence-electron chi connectivity index (χ0n) is 13.0. The number of nitrogens with zero attached hydrogens (tertiary/aromatic N) is 1. The summed E-state index contributed by atoms with van der Waals surface area (Å²) in [6.45, 7) is 7.83. The van der Waals surface area contributed by atoms with Gasteiger partial charge >= 0.3 is 0 Å². The number of sulfonamides is 1. The van der Waals surface area contributed by atoms with Crippen molar-refractivity contribution in [3.63, 3.8) is 0 Å². The zero-order chi connectivity index (χ0) is 15.6. The molecule has 1 aliphatic rings. The fourth-order valence-electron chi connectivity index (χ4n) is 2.32. The summed E-state index contributed by atoms with van der Waals surface area (Å²) in [4.78, 5) is 1.09. The van der Waals surface area contributed by atoms with Crippen LogP contribution in [0.25, 0.3) is 0 Å². The minimum absolute atomic E-state index is 0.0166. The second-order valence-corrected chi connectivity index (χ2v) is 9.02. The van der Waals surface area contributed by atoms with Gasteiger partial charge in [-0.3, -0.25) is 0 Å². The molecule has 1 aromatic rings. The van der Waals surface area contributed by atoms with E-state index in [0.29, 0.717) is 29.9 Å². The summed E-state index contributed by atoms with van der Waals surface area (Å²) < 4.78 is 32.5. The lowest BCUT2D eigenvalue weighted by atomic mass is 10.3. The van der Waals surface area contributed by atoms with Gasteiger partial charge in [-0.1, -0.05) is 13.8 Å². The number of ether oxygens (including phenoxy) is 1. The third-order valence-corrected chi connectivity index (χ3v) is 7.26. The molecule has 1 aliphatic heterocycles. The summed E-state index contributed by atoms with van der Waals surface area (Å²) in [5.74, 6) is 0. The van der Waals surface area contributed by atoms with Crippen molar-refractivity contribution in [1.29, 1.82) is 0 Å². The van der Waals surface area contributed by atoms with E-state index in [4.69, 9.17) is 4.74 Å². The van der Waals surface area contributed by atoms with E-state index in [0.717, 1.165) is 16.9 Å². The highest BCUT2D eigenvalue weighted by atomic mass is 32.2. The number of methoxy groups -OCH3 is 1. The third kappa shape index (κ3) is 3.84. The molecule has 1 saturated heterocycles. The molecule has 1 unspecified atom stereocenters. The molecular formula is C14H24N2O3S2. The lowest BCUT2D eigenvalue weighted by Crippen LogP contribution is -2.29. The number of aryl methyl sites for hydroxylation is 1. The van der Waals surface area contributed by atoms with Crippen LogP contribution in [0.1, 0.15) is 30.7 Å². The standard InChI is InChI=1S/C14H24N2O3S2/c1-10(2)15-8-13-11(3)7-14(20-13)21(17,18)16-6-5-12(9-16)19-4/h7,10,12,15H,5-6,8-9H2,1-4H3. The van der Waals surface area contributed by atoms with Gasteiger partial charge in [0.25, 0.3) is 10.0 Å². The van der Waals surface area contributed by atoms with Crippen LogP contribution in [-0.4, -0.2) is 45.1 Å². The number of nitrogens with one attached hydrogen (secondary N) is 1. The van der Waals surface area contributed by atoms with E-state index in [1.165, 1.54) is 15.6 Å². The third-order valence-electron chi connectivity index (χ3n) is 3.70. The average Bonchev–Trinajstić information content (AvgIpc) is 3.03. The van der Waals surface area contributed by atoms with Crippen LogP contribution in [-0.2, 0) is 21.3 Å². The molecule has 0 spiro atoms. The molecule has 0 bridgehead atoms. The van der Waals surface area contributed by atoms with Gasteiger partial charge in [-0.25, -0.2) is 8.42 Å². The van der Waals surface area contributed by atoms with Gasteiger partial charge in [0, 0.05) is 37.7 Å². The highest BCUT2D eigenvalue weighted by Crippen LogP contribution is 2.30. The van der Waals surface area contributed by atoms with Crippen LogP contribution in [0.4, 0.5) is 0 Å². The summed E-state index contributed by atoms with van der Waals surface area (Å²) in [6, 6.07) is 2.17. The normalized spacial score (nSPS) is 20.5. The molecule has 120 valence electrons. The molecule has 0 amide bonds. The van der Waals surface area contributed by atoms with Crippen LogP contribution < -0.4 is 5.32 Å². The highest BCUT2D eigenvalue weighted by Gasteiger charge is 2.33. The summed E-state index contributed by atoms with van der Waals surface area (Å²) in [5.41, 5.74) is 1.04. The molecule has 1 atom stereocenters. The van der Waals surface area contributed by atoms with Gasteiger partial charge in [-0.15, -0.1) is 11.3 Å². The summed E-state index contributed by atoms with van der Waals surface area (Å²) >= 11 is 1.37. The van der Waals surface area contributed by atoms with E-state index in [9.17, 15) is 8.42 Å². The number of hydrogen-bond donors (Lipinski definition) is 1. The molecule has 5 nitrogen and oxygen atoms in total. The van der Waals surface area contributed by atoms with E-state index in [2.05, 4.69) is 19.2 Å². The van der Waals surface area contributed by atoms with Crippen LogP contribution in [0.3, 0.4) is 0 Å². The van der Waals surface area contributed by atoms with E-state index < -0.39 is 10.0 Å². The molecule has 1 fully saturated rings. The maximum atomic E-state index is 12.7. The molecule has 2 heterocycles. The fourth-order valence-corrected chi connectivity index (χ4v) is 5.51. The summed E-state index contributed by atoms with van der Waals surface area (Å²) in [6.07, 6.45) is 0.782. The minimum atomic E-state index is -3.38. The number of hydrogen-bond acceptors (Lipinski definition) is 5. The van der Waals surface area contributed by atoms with Crippen molar-refractivity contribution in [2.24, 2.45) is 0 Å². The lowest BCUT2D eigenvalue weighted by Gasteiger charge is -2.14. The van der Waals surface area contributed by atoms with Gasteiger partial charge in [0.1, 0.15) is 4.21 Å². The Labute approximate surface area is 131 Å². The zero-order valence-corrected chi connectivity index (χ0v) is 14.7. The van der Waals surface area contributed by atoms with Crippen LogP contribution >= 0.6 is 11.3 Å². The predicted molar refractivity (Wildman–Crippen MR) is 85.2 cm³/mol. The maximum Gasteiger partial charge on any atom is 0.252 e. The Bertz CT molecular complexity index is 581. The molecule has 0 radical (unpaired) electrons. The molecule has 21 heavy (non-hydrogen) atoms. The summed E-state index contributed by atoms with van der Waals surface area (Å²) in [5, 5.41) is 3.34. The number of thiophene rings is 1. The first kappa shape index (κ1) is 16.9. The smallest absolute Gasteiger partial charge is 0.252 e. The van der Waals surface area contributed by atoms with Crippen molar-refractivity contribution in [2.45, 2.75) is 50.1 Å². The largest absolute Gasteiger partial charge is 0.380 e. The molecule has 7 heteroatoms. The van der Waals surface area contributed by atoms with Crippen molar-refractivity contribution in [2.75, 3.05) is 20.2 Å². The lowest BCUT2D eigenvalue weighted by molar-refractivity contribution is 0.115. The van der Waals surface area contributed by atoms with Gasteiger partial charge in [0.05, 0.1) is 6.10 Å². The Balaban J connectivity index is 2.15. The van der Waals surface area contributed by atoms with Crippen molar-refractivity contribution >= 4 is 21.4 Å². The van der Waals surface area contributed by atoms with Gasteiger partial charge in [0.15, 0.2) is 0 Å². The van der Waals surface area contributed by atoms with Crippen molar-refractivity contribution in [3.05, 3.63) is 16.5 Å². The second kappa shape index (κ2) is 6.75.